The molecule has 86 valence electrons. The molecule has 0 aliphatic rings. The summed E-state index contributed by atoms with van der Waals surface area (Å²) in [6.45, 7) is 2.04. The van der Waals surface area contributed by atoms with E-state index >= 15 is 0 Å². The molecule has 0 atom stereocenters. The molecule has 0 radical (unpaired) electrons. The van der Waals surface area contributed by atoms with Gasteiger partial charge in [0.1, 0.15) is 0 Å². The van der Waals surface area contributed by atoms with Crippen molar-refractivity contribution in [2.75, 3.05) is 0 Å². The van der Waals surface area contributed by atoms with Crippen LogP contribution in [0.3, 0.4) is 0 Å². The van der Waals surface area contributed by atoms with Crippen molar-refractivity contribution in [1.82, 2.24) is 0 Å². The molecule has 2 N–H and O–H groups in total. The fraction of sp³-hybridized carbons (Fsp3) is 0.0714. The zero-order valence-corrected chi connectivity index (χ0v) is 11.0. The number of halogens is 1. The van der Waals surface area contributed by atoms with E-state index in [1.165, 1.54) is 5.56 Å². The number of hydrogen-bond donors (Lipinski definition) is 1. The van der Waals surface area contributed by atoms with Gasteiger partial charge in [-0.25, -0.2) is 0 Å². The first-order valence-corrected chi connectivity index (χ1v) is 6.03. The highest BCUT2D eigenvalue weighted by Crippen LogP contribution is 2.27. The molecule has 0 aromatic heterocycles. The van der Waals surface area contributed by atoms with Gasteiger partial charge in [-0.05, 0) is 41.8 Å². The second-order valence-electron chi connectivity index (χ2n) is 3.91. The number of rotatable bonds is 2. The van der Waals surface area contributed by atoms with Crippen LogP contribution in [-0.4, -0.2) is 5.91 Å². The zero-order chi connectivity index (χ0) is 12.4. The maximum absolute atomic E-state index is 11.2. The first-order valence-electron chi connectivity index (χ1n) is 5.24. The minimum absolute atomic E-state index is 0.416. The van der Waals surface area contributed by atoms with Crippen molar-refractivity contribution in [1.29, 1.82) is 0 Å². The third-order valence-electron chi connectivity index (χ3n) is 2.64. The second kappa shape index (κ2) is 4.72. The Labute approximate surface area is 109 Å². The van der Waals surface area contributed by atoms with Crippen LogP contribution < -0.4 is 5.73 Å². The van der Waals surface area contributed by atoms with Crippen LogP contribution in [-0.2, 0) is 0 Å². The Balaban J connectivity index is 2.60. The summed E-state index contributed by atoms with van der Waals surface area (Å²) in [4.78, 5) is 11.2. The third-order valence-corrected chi connectivity index (χ3v) is 3.10. The lowest BCUT2D eigenvalue weighted by atomic mass is 9.99. The van der Waals surface area contributed by atoms with Gasteiger partial charge in [-0.1, -0.05) is 40.2 Å². The highest BCUT2D eigenvalue weighted by atomic mass is 79.9. The predicted molar refractivity (Wildman–Crippen MR) is 72.8 cm³/mol. The summed E-state index contributed by atoms with van der Waals surface area (Å²) >= 11 is 3.40. The molecule has 0 aliphatic heterocycles. The Morgan fingerprint density at radius 1 is 1.18 bits per heavy atom. The van der Waals surface area contributed by atoms with Crippen molar-refractivity contribution in [2.45, 2.75) is 6.92 Å². The minimum Gasteiger partial charge on any atom is -0.366 e. The molecule has 2 nitrogen and oxygen atoms in total. The Hall–Kier alpha value is -1.61. The highest BCUT2D eigenvalue weighted by Gasteiger charge is 2.07. The van der Waals surface area contributed by atoms with Crippen molar-refractivity contribution in [3.05, 3.63) is 58.1 Å². The molecule has 0 bridgehead atoms. The molecular formula is C14H12BrNO. The molecule has 0 saturated heterocycles. The number of carbonyl (C=O) groups is 1. The topological polar surface area (TPSA) is 43.1 Å². The third kappa shape index (κ3) is 2.56. The molecule has 0 saturated carbocycles. The monoisotopic (exact) mass is 289 g/mol. The van der Waals surface area contributed by atoms with E-state index in [-0.39, 0.29) is 0 Å². The molecule has 2 rings (SSSR count). The van der Waals surface area contributed by atoms with Crippen molar-refractivity contribution >= 4 is 21.8 Å². The molecule has 0 spiro atoms. The largest absolute Gasteiger partial charge is 0.366 e. The second-order valence-corrected chi connectivity index (χ2v) is 4.82. The summed E-state index contributed by atoms with van der Waals surface area (Å²) in [6, 6.07) is 13.6. The van der Waals surface area contributed by atoms with Gasteiger partial charge >= 0.3 is 0 Å². The molecular weight excluding hydrogens is 278 g/mol. The van der Waals surface area contributed by atoms with Crippen LogP contribution in [0.4, 0.5) is 0 Å². The number of carbonyl (C=O) groups excluding carboxylic acids is 1. The highest BCUT2D eigenvalue weighted by molar-refractivity contribution is 9.10. The summed E-state index contributed by atoms with van der Waals surface area (Å²) in [7, 11) is 0. The molecule has 2 aromatic carbocycles. The van der Waals surface area contributed by atoms with Crippen molar-refractivity contribution in [3.8, 4) is 11.1 Å². The van der Waals surface area contributed by atoms with E-state index in [0.717, 1.165) is 15.6 Å². The Bertz CT molecular complexity index is 578. The number of amides is 1. The van der Waals surface area contributed by atoms with Crippen molar-refractivity contribution in [2.24, 2.45) is 5.73 Å². The number of benzene rings is 2. The lowest BCUT2D eigenvalue weighted by Crippen LogP contribution is -2.10. The molecule has 3 heteroatoms. The predicted octanol–water partition coefficient (Wildman–Crippen LogP) is 3.52. The van der Waals surface area contributed by atoms with Crippen molar-refractivity contribution in [3.63, 3.8) is 0 Å². The average molecular weight is 290 g/mol. The summed E-state index contributed by atoms with van der Waals surface area (Å²) < 4.78 is 0.854. The smallest absolute Gasteiger partial charge is 0.248 e. The van der Waals surface area contributed by atoms with Gasteiger partial charge in [-0.3, -0.25) is 4.79 Å². The quantitative estimate of drug-likeness (QED) is 0.903. The van der Waals surface area contributed by atoms with E-state index < -0.39 is 5.91 Å². The van der Waals surface area contributed by atoms with E-state index in [2.05, 4.69) is 15.9 Å². The number of aryl methyl sites for hydroxylation is 1. The van der Waals surface area contributed by atoms with Crippen LogP contribution in [0.25, 0.3) is 11.1 Å². The minimum atomic E-state index is -0.416. The molecule has 0 fully saturated rings. The standard InChI is InChI=1S/C14H12BrNO/c1-9-4-2-3-5-13(9)10-6-11(14(16)17)8-12(15)7-10/h2-8H,1H3,(H2,16,17). The Morgan fingerprint density at radius 3 is 2.53 bits per heavy atom. The van der Waals surface area contributed by atoms with Crippen LogP contribution >= 0.6 is 15.9 Å². The molecule has 0 heterocycles. The van der Waals surface area contributed by atoms with Crippen LogP contribution in [0.5, 0.6) is 0 Å². The summed E-state index contributed by atoms with van der Waals surface area (Å²) in [6.07, 6.45) is 0. The molecule has 2 aromatic rings. The van der Waals surface area contributed by atoms with Crippen LogP contribution in [0, 0.1) is 6.92 Å². The van der Waals surface area contributed by atoms with Crippen LogP contribution in [0.2, 0.25) is 0 Å². The fourth-order valence-electron chi connectivity index (χ4n) is 1.78. The first-order chi connectivity index (χ1) is 8.08. The van der Waals surface area contributed by atoms with Crippen LogP contribution in [0.15, 0.2) is 46.9 Å². The van der Waals surface area contributed by atoms with E-state index in [9.17, 15) is 4.79 Å². The van der Waals surface area contributed by atoms with Gasteiger partial charge in [0, 0.05) is 10.0 Å². The van der Waals surface area contributed by atoms with Gasteiger partial charge in [0.2, 0.25) is 5.91 Å². The lowest BCUT2D eigenvalue weighted by Gasteiger charge is -2.08. The maximum Gasteiger partial charge on any atom is 0.248 e. The Kier molecular flexibility index (Phi) is 3.29. The normalized spacial score (nSPS) is 10.2. The van der Waals surface area contributed by atoms with Gasteiger partial charge in [-0.15, -0.1) is 0 Å². The van der Waals surface area contributed by atoms with E-state index in [1.807, 2.05) is 43.3 Å². The Morgan fingerprint density at radius 2 is 1.88 bits per heavy atom. The molecule has 1 amide bonds. The zero-order valence-electron chi connectivity index (χ0n) is 9.41. The number of primary amides is 1. The molecule has 0 unspecified atom stereocenters. The maximum atomic E-state index is 11.2. The van der Waals surface area contributed by atoms with Gasteiger partial charge in [-0.2, -0.15) is 0 Å². The molecule has 17 heavy (non-hydrogen) atoms. The lowest BCUT2D eigenvalue weighted by molar-refractivity contribution is 0.100. The van der Waals surface area contributed by atoms with Crippen LogP contribution in [0.1, 0.15) is 15.9 Å². The summed E-state index contributed by atoms with van der Waals surface area (Å²) in [5, 5.41) is 0. The van der Waals surface area contributed by atoms with E-state index in [1.54, 1.807) is 6.07 Å². The molecule has 0 aliphatic carbocycles. The summed E-state index contributed by atoms with van der Waals surface area (Å²) in [5.74, 6) is -0.416. The SMILES string of the molecule is Cc1ccccc1-c1cc(Br)cc(C(N)=O)c1. The van der Waals surface area contributed by atoms with Gasteiger partial charge in [0.25, 0.3) is 0 Å². The number of hydrogen-bond acceptors (Lipinski definition) is 1. The fourth-order valence-corrected chi connectivity index (χ4v) is 2.28. The van der Waals surface area contributed by atoms with E-state index in [0.29, 0.717) is 5.56 Å². The van der Waals surface area contributed by atoms with Gasteiger partial charge < -0.3 is 5.73 Å². The number of nitrogens with two attached hydrogens (primary N) is 1. The van der Waals surface area contributed by atoms with Gasteiger partial charge in [0.15, 0.2) is 0 Å². The first kappa shape index (κ1) is 11.9. The van der Waals surface area contributed by atoms with Gasteiger partial charge in [0.05, 0.1) is 0 Å². The van der Waals surface area contributed by atoms with E-state index in [4.69, 9.17) is 5.73 Å². The van der Waals surface area contributed by atoms with Crippen molar-refractivity contribution < 1.29 is 4.79 Å². The summed E-state index contributed by atoms with van der Waals surface area (Å²) in [5.41, 5.74) is 9.09. The average Bonchev–Trinajstić information content (AvgIpc) is 2.28.